The van der Waals surface area contributed by atoms with Crippen LogP contribution in [0.3, 0.4) is 0 Å². The molecule has 5 nitrogen and oxygen atoms in total. The van der Waals surface area contributed by atoms with Crippen LogP contribution in [-0.2, 0) is 4.74 Å². The van der Waals surface area contributed by atoms with Gasteiger partial charge in [0.15, 0.2) is 0 Å². The monoisotopic (exact) mass is 347 g/mol. The summed E-state index contributed by atoms with van der Waals surface area (Å²) in [6, 6.07) is 4.56. The van der Waals surface area contributed by atoms with E-state index in [9.17, 15) is 9.18 Å². The Balaban J connectivity index is 1.42. The Hall–Kier alpha value is -1.82. The lowest BCUT2D eigenvalue weighted by Crippen LogP contribution is -2.67. The molecule has 0 bridgehead atoms. The summed E-state index contributed by atoms with van der Waals surface area (Å²) in [6.45, 7) is 6.89. The van der Waals surface area contributed by atoms with E-state index < -0.39 is 0 Å². The summed E-state index contributed by atoms with van der Waals surface area (Å²) in [5.41, 5.74) is 1.26. The minimum absolute atomic E-state index is 0.0683. The molecule has 1 aliphatic carbocycles. The van der Waals surface area contributed by atoms with Crippen LogP contribution in [-0.4, -0.2) is 37.9 Å². The number of carbonyl (C=O) groups is 1. The van der Waals surface area contributed by atoms with Crippen molar-refractivity contribution in [3.8, 4) is 0 Å². The standard InChI is InChI=1S/C19H26FN3O2/c1-19(2)16(15-5-8-25-17(15)19)22-18(24)21-13-9-12(20)10-14(11-13)23-6-3-4-7-23/h9-11,15-17H,3-8H2,1-2H3,(H2,21,22,24)/t15-,16-,17-/m1/s1. The maximum atomic E-state index is 14.0. The average Bonchev–Trinajstić information content (AvgIpc) is 3.23. The van der Waals surface area contributed by atoms with Crippen molar-refractivity contribution >= 4 is 17.4 Å². The van der Waals surface area contributed by atoms with E-state index in [4.69, 9.17) is 4.74 Å². The highest BCUT2D eigenvalue weighted by Gasteiger charge is 2.59. The molecule has 4 rings (SSSR count). The molecule has 0 spiro atoms. The van der Waals surface area contributed by atoms with Crippen LogP contribution in [0, 0.1) is 17.2 Å². The summed E-state index contributed by atoms with van der Waals surface area (Å²) in [7, 11) is 0. The average molecular weight is 347 g/mol. The van der Waals surface area contributed by atoms with Gasteiger partial charge in [-0.2, -0.15) is 0 Å². The van der Waals surface area contributed by atoms with Crippen molar-refractivity contribution in [2.75, 3.05) is 29.9 Å². The van der Waals surface area contributed by atoms with Crippen LogP contribution in [0.2, 0.25) is 0 Å². The normalized spacial score (nSPS) is 29.9. The first-order chi connectivity index (χ1) is 11.9. The molecule has 2 amide bonds. The largest absolute Gasteiger partial charge is 0.377 e. The summed E-state index contributed by atoms with van der Waals surface area (Å²) in [4.78, 5) is 14.6. The van der Waals surface area contributed by atoms with E-state index in [0.29, 0.717) is 11.6 Å². The van der Waals surface area contributed by atoms with Gasteiger partial charge in [0, 0.05) is 48.4 Å². The van der Waals surface area contributed by atoms with Crippen LogP contribution in [0.1, 0.15) is 33.1 Å². The molecule has 3 atom stereocenters. The summed E-state index contributed by atoms with van der Waals surface area (Å²) < 4.78 is 19.7. The van der Waals surface area contributed by atoms with E-state index >= 15 is 0 Å². The molecular formula is C19H26FN3O2. The zero-order valence-corrected chi connectivity index (χ0v) is 14.8. The van der Waals surface area contributed by atoms with E-state index in [1.54, 1.807) is 0 Å². The Morgan fingerprint density at radius 1 is 1.28 bits per heavy atom. The van der Waals surface area contributed by atoms with Crippen molar-refractivity contribution in [2.45, 2.75) is 45.3 Å². The molecule has 6 heteroatoms. The Bertz CT molecular complexity index is 673. The van der Waals surface area contributed by atoms with Gasteiger partial charge >= 0.3 is 6.03 Å². The Kier molecular flexibility index (Phi) is 4.10. The minimum Gasteiger partial charge on any atom is -0.377 e. The molecule has 0 unspecified atom stereocenters. The number of hydrogen-bond donors (Lipinski definition) is 2. The number of carbonyl (C=O) groups excluding carboxylic acids is 1. The number of rotatable bonds is 3. The molecule has 136 valence electrons. The Morgan fingerprint density at radius 3 is 2.80 bits per heavy atom. The lowest BCUT2D eigenvalue weighted by atomic mass is 9.57. The van der Waals surface area contributed by atoms with Crippen LogP contribution in [0.5, 0.6) is 0 Å². The fraction of sp³-hybridized carbons (Fsp3) is 0.632. The third-order valence-corrected chi connectivity index (χ3v) is 6.00. The molecule has 2 saturated heterocycles. The maximum absolute atomic E-state index is 14.0. The zero-order valence-electron chi connectivity index (χ0n) is 14.8. The Labute approximate surface area is 147 Å². The lowest BCUT2D eigenvalue weighted by molar-refractivity contribution is -0.107. The molecular weight excluding hydrogens is 321 g/mol. The van der Waals surface area contributed by atoms with E-state index in [-0.39, 0.29) is 29.4 Å². The van der Waals surface area contributed by atoms with Crippen molar-refractivity contribution in [3.63, 3.8) is 0 Å². The van der Waals surface area contributed by atoms with Crippen molar-refractivity contribution < 1.29 is 13.9 Å². The molecule has 1 aromatic carbocycles. The predicted molar refractivity (Wildman–Crippen MR) is 95.4 cm³/mol. The van der Waals surface area contributed by atoms with Crippen LogP contribution in [0.15, 0.2) is 18.2 Å². The number of fused-ring (bicyclic) bond motifs is 1. The quantitative estimate of drug-likeness (QED) is 0.881. The summed E-state index contributed by atoms with van der Waals surface area (Å²) in [5.74, 6) is 0.0568. The van der Waals surface area contributed by atoms with E-state index in [2.05, 4.69) is 29.4 Å². The third-order valence-electron chi connectivity index (χ3n) is 6.00. The van der Waals surface area contributed by atoms with E-state index in [1.165, 1.54) is 12.1 Å². The second kappa shape index (κ2) is 6.16. The molecule has 0 radical (unpaired) electrons. The van der Waals surface area contributed by atoms with E-state index in [1.807, 2.05) is 6.07 Å². The third kappa shape index (κ3) is 2.97. The number of ether oxygens (including phenoxy) is 1. The minimum atomic E-state index is -0.326. The first kappa shape index (κ1) is 16.6. The molecule has 1 saturated carbocycles. The van der Waals surface area contributed by atoms with Crippen LogP contribution in [0.25, 0.3) is 0 Å². The van der Waals surface area contributed by atoms with Gasteiger partial charge in [-0.05, 0) is 37.5 Å². The van der Waals surface area contributed by atoms with Crippen LogP contribution >= 0.6 is 0 Å². The number of nitrogens with one attached hydrogen (secondary N) is 2. The number of nitrogens with zero attached hydrogens (tertiary/aromatic N) is 1. The number of benzene rings is 1. The van der Waals surface area contributed by atoms with Crippen molar-refractivity contribution in [2.24, 2.45) is 11.3 Å². The van der Waals surface area contributed by atoms with Crippen molar-refractivity contribution in [3.05, 3.63) is 24.0 Å². The molecule has 2 N–H and O–H groups in total. The molecule has 1 aromatic rings. The number of hydrogen-bond acceptors (Lipinski definition) is 3. The van der Waals surface area contributed by atoms with Gasteiger partial charge in [0.1, 0.15) is 5.82 Å². The Morgan fingerprint density at radius 2 is 2.04 bits per heavy atom. The van der Waals surface area contributed by atoms with Gasteiger partial charge < -0.3 is 20.3 Å². The van der Waals surface area contributed by atoms with Gasteiger partial charge in [-0.1, -0.05) is 13.8 Å². The van der Waals surface area contributed by atoms with Gasteiger partial charge in [-0.3, -0.25) is 0 Å². The van der Waals surface area contributed by atoms with Crippen LogP contribution in [0.4, 0.5) is 20.6 Å². The number of urea groups is 1. The first-order valence-corrected chi connectivity index (χ1v) is 9.20. The zero-order chi connectivity index (χ0) is 17.6. The van der Waals surface area contributed by atoms with Gasteiger partial charge in [0.2, 0.25) is 0 Å². The fourth-order valence-corrected chi connectivity index (χ4v) is 4.73. The lowest BCUT2D eigenvalue weighted by Gasteiger charge is -2.54. The van der Waals surface area contributed by atoms with Crippen molar-refractivity contribution in [1.82, 2.24) is 5.32 Å². The van der Waals surface area contributed by atoms with Gasteiger partial charge in [-0.15, -0.1) is 0 Å². The first-order valence-electron chi connectivity index (χ1n) is 9.20. The molecule has 2 aliphatic heterocycles. The second-order valence-corrected chi connectivity index (χ2v) is 8.03. The number of amides is 2. The fourth-order valence-electron chi connectivity index (χ4n) is 4.73. The van der Waals surface area contributed by atoms with Crippen LogP contribution < -0.4 is 15.5 Å². The smallest absolute Gasteiger partial charge is 0.319 e. The highest BCUT2D eigenvalue weighted by Crippen LogP contribution is 2.52. The van der Waals surface area contributed by atoms with Gasteiger partial charge in [-0.25, -0.2) is 9.18 Å². The summed E-state index contributed by atoms with van der Waals surface area (Å²) in [6.07, 6.45) is 3.47. The molecule has 0 aromatic heterocycles. The number of halogens is 1. The highest BCUT2D eigenvalue weighted by atomic mass is 19.1. The maximum Gasteiger partial charge on any atom is 0.319 e. The second-order valence-electron chi connectivity index (χ2n) is 8.03. The summed E-state index contributed by atoms with van der Waals surface area (Å²) in [5, 5.41) is 5.87. The topological polar surface area (TPSA) is 53.6 Å². The SMILES string of the molecule is CC1(C)[C@H](NC(=O)Nc2cc(F)cc(N3CCCC3)c2)[C@H]2CCO[C@H]21. The molecule has 2 heterocycles. The molecule has 25 heavy (non-hydrogen) atoms. The highest BCUT2D eigenvalue weighted by molar-refractivity contribution is 5.90. The van der Waals surface area contributed by atoms with Crippen molar-refractivity contribution in [1.29, 1.82) is 0 Å². The predicted octanol–water partition coefficient (Wildman–Crippen LogP) is 3.36. The molecule has 3 fully saturated rings. The number of anilines is 2. The van der Waals surface area contributed by atoms with Gasteiger partial charge in [0.25, 0.3) is 0 Å². The summed E-state index contributed by atoms with van der Waals surface area (Å²) >= 11 is 0. The van der Waals surface area contributed by atoms with E-state index in [0.717, 1.165) is 44.6 Å². The van der Waals surface area contributed by atoms with Gasteiger partial charge in [0.05, 0.1) is 6.10 Å². The molecule has 3 aliphatic rings.